The number of amides is 1. The number of carbonyl (C=O) groups is 1. The van der Waals surface area contributed by atoms with Gasteiger partial charge in [-0.25, -0.2) is 8.42 Å². The van der Waals surface area contributed by atoms with Gasteiger partial charge in [0.15, 0.2) is 0 Å². The first-order chi connectivity index (χ1) is 13.9. The molecule has 0 bridgehead atoms. The van der Waals surface area contributed by atoms with E-state index in [1.165, 1.54) is 16.4 Å². The maximum absolute atomic E-state index is 13.0. The molecule has 0 fully saturated rings. The van der Waals surface area contributed by atoms with Crippen molar-refractivity contribution in [1.82, 2.24) is 9.21 Å². The maximum atomic E-state index is 13.0. The summed E-state index contributed by atoms with van der Waals surface area (Å²) in [4.78, 5) is 14.8. The zero-order valence-corrected chi connectivity index (χ0v) is 18.0. The van der Waals surface area contributed by atoms with Crippen LogP contribution >= 0.6 is 0 Å². The summed E-state index contributed by atoms with van der Waals surface area (Å²) in [5.41, 5.74) is 1.39. The highest BCUT2D eigenvalue weighted by Crippen LogP contribution is 2.18. The minimum Gasteiger partial charge on any atom is -0.497 e. The van der Waals surface area contributed by atoms with Gasteiger partial charge in [0.1, 0.15) is 5.75 Å². The Bertz CT molecular complexity index is 918. The first-order valence-corrected chi connectivity index (χ1v) is 10.9. The summed E-state index contributed by atoms with van der Waals surface area (Å²) in [6.45, 7) is 8.91. The van der Waals surface area contributed by atoms with E-state index in [2.05, 4.69) is 6.58 Å². The van der Waals surface area contributed by atoms with Crippen LogP contribution in [0.1, 0.15) is 29.8 Å². The van der Waals surface area contributed by atoms with Crippen molar-refractivity contribution in [2.24, 2.45) is 0 Å². The van der Waals surface area contributed by atoms with Crippen molar-refractivity contribution in [3.8, 4) is 5.75 Å². The van der Waals surface area contributed by atoms with Crippen molar-refractivity contribution in [2.45, 2.75) is 25.3 Å². The highest BCUT2D eigenvalue weighted by atomic mass is 32.2. The van der Waals surface area contributed by atoms with Gasteiger partial charge in [-0.3, -0.25) is 4.79 Å². The number of methoxy groups -OCH3 is 1. The van der Waals surface area contributed by atoms with Gasteiger partial charge < -0.3 is 9.64 Å². The second-order valence-corrected chi connectivity index (χ2v) is 8.37. The zero-order valence-electron chi connectivity index (χ0n) is 17.2. The van der Waals surface area contributed by atoms with E-state index in [0.29, 0.717) is 31.7 Å². The van der Waals surface area contributed by atoms with E-state index in [-0.39, 0.29) is 10.8 Å². The lowest BCUT2D eigenvalue weighted by Gasteiger charge is -2.22. The number of benzene rings is 2. The molecule has 0 heterocycles. The first kappa shape index (κ1) is 22.6. The van der Waals surface area contributed by atoms with Crippen LogP contribution < -0.4 is 4.74 Å². The van der Waals surface area contributed by atoms with Crippen LogP contribution in [0.25, 0.3) is 0 Å². The fourth-order valence-electron chi connectivity index (χ4n) is 2.99. The fourth-order valence-corrected chi connectivity index (χ4v) is 4.45. The summed E-state index contributed by atoms with van der Waals surface area (Å²) in [5, 5.41) is 0. The average molecular weight is 417 g/mol. The fraction of sp³-hybridized carbons (Fsp3) is 0.318. The molecule has 1 amide bonds. The third-order valence-electron chi connectivity index (χ3n) is 4.61. The lowest BCUT2D eigenvalue weighted by atomic mass is 10.1. The summed E-state index contributed by atoms with van der Waals surface area (Å²) in [5.74, 6) is 0.563. The molecular formula is C22H28N2O4S. The molecule has 2 aromatic rings. The summed E-state index contributed by atoms with van der Waals surface area (Å²) in [6, 6.07) is 13.6. The van der Waals surface area contributed by atoms with E-state index in [1.54, 1.807) is 44.1 Å². The second-order valence-electron chi connectivity index (χ2n) is 6.44. The number of hydrogen-bond donors (Lipinski definition) is 0. The predicted molar refractivity (Wildman–Crippen MR) is 114 cm³/mol. The van der Waals surface area contributed by atoms with Crippen molar-refractivity contribution in [3.05, 3.63) is 72.3 Å². The van der Waals surface area contributed by atoms with Crippen molar-refractivity contribution >= 4 is 15.9 Å². The van der Waals surface area contributed by atoms with Crippen LogP contribution in [-0.2, 0) is 16.6 Å². The molecule has 156 valence electrons. The van der Waals surface area contributed by atoms with Crippen LogP contribution in [-0.4, -0.2) is 50.3 Å². The molecule has 0 N–H and O–H groups in total. The number of hydrogen-bond acceptors (Lipinski definition) is 4. The standard InChI is InChI=1S/C22H28N2O4S/c1-5-16-23(17-18-8-12-20(28-4)13-9-18)22(25)19-10-14-21(15-11-19)29(26,27)24(6-2)7-3/h5,8-15H,1,6-7,16-17H2,2-4H3. The molecule has 0 saturated carbocycles. The van der Waals surface area contributed by atoms with E-state index in [4.69, 9.17) is 4.74 Å². The molecule has 2 rings (SSSR count). The monoisotopic (exact) mass is 416 g/mol. The van der Waals surface area contributed by atoms with Gasteiger partial charge in [0.05, 0.1) is 12.0 Å². The normalized spacial score (nSPS) is 11.3. The number of rotatable bonds is 10. The van der Waals surface area contributed by atoms with Crippen LogP contribution in [0, 0.1) is 0 Å². The molecule has 6 nitrogen and oxygen atoms in total. The van der Waals surface area contributed by atoms with Gasteiger partial charge in [0.2, 0.25) is 10.0 Å². The summed E-state index contributed by atoms with van der Waals surface area (Å²) < 4.78 is 31.8. The topological polar surface area (TPSA) is 66.9 Å². The lowest BCUT2D eigenvalue weighted by molar-refractivity contribution is 0.0762. The van der Waals surface area contributed by atoms with Crippen LogP contribution in [0.4, 0.5) is 0 Å². The smallest absolute Gasteiger partial charge is 0.254 e. The van der Waals surface area contributed by atoms with E-state index in [1.807, 2.05) is 24.3 Å². The molecule has 0 aliphatic rings. The molecule has 0 atom stereocenters. The van der Waals surface area contributed by atoms with Gasteiger partial charge in [0.25, 0.3) is 5.91 Å². The molecule has 2 aromatic carbocycles. The number of ether oxygens (including phenoxy) is 1. The molecule has 0 aliphatic heterocycles. The SMILES string of the molecule is C=CCN(Cc1ccc(OC)cc1)C(=O)c1ccc(S(=O)(=O)N(CC)CC)cc1. The Labute approximate surface area is 173 Å². The van der Waals surface area contributed by atoms with Gasteiger partial charge in [-0.05, 0) is 42.0 Å². The van der Waals surface area contributed by atoms with Gasteiger partial charge in [-0.15, -0.1) is 6.58 Å². The second kappa shape index (κ2) is 10.2. The highest BCUT2D eigenvalue weighted by Gasteiger charge is 2.22. The third kappa shape index (κ3) is 5.46. The highest BCUT2D eigenvalue weighted by molar-refractivity contribution is 7.89. The quantitative estimate of drug-likeness (QED) is 0.556. The van der Waals surface area contributed by atoms with Crippen LogP contribution in [0.15, 0.2) is 66.1 Å². The van der Waals surface area contributed by atoms with Gasteiger partial charge in [0, 0.05) is 31.7 Å². The molecule has 0 radical (unpaired) electrons. The summed E-state index contributed by atoms with van der Waals surface area (Å²) in [6.07, 6.45) is 1.67. The van der Waals surface area contributed by atoms with E-state index < -0.39 is 10.0 Å². The van der Waals surface area contributed by atoms with Gasteiger partial charge in [-0.1, -0.05) is 32.1 Å². The Morgan fingerprint density at radius 2 is 1.62 bits per heavy atom. The molecule has 0 aromatic heterocycles. The molecule has 7 heteroatoms. The average Bonchev–Trinajstić information content (AvgIpc) is 2.74. The summed E-state index contributed by atoms with van der Waals surface area (Å²) >= 11 is 0. The lowest BCUT2D eigenvalue weighted by Crippen LogP contribution is -2.31. The number of sulfonamides is 1. The Hall–Kier alpha value is -2.64. The van der Waals surface area contributed by atoms with E-state index >= 15 is 0 Å². The van der Waals surface area contributed by atoms with Gasteiger partial charge >= 0.3 is 0 Å². The van der Waals surface area contributed by atoms with Gasteiger partial charge in [-0.2, -0.15) is 4.31 Å². The van der Waals surface area contributed by atoms with Crippen molar-refractivity contribution in [3.63, 3.8) is 0 Å². The minimum absolute atomic E-state index is 0.183. The predicted octanol–water partition coefficient (Wildman–Crippen LogP) is 3.55. The Balaban J connectivity index is 2.22. The number of carbonyl (C=O) groups excluding carboxylic acids is 1. The number of nitrogens with zero attached hydrogens (tertiary/aromatic N) is 2. The largest absolute Gasteiger partial charge is 0.497 e. The maximum Gasteiger partial charge on any atom is 0.254 e. The van der Waals surface area contributed by atoms with Crippen molar-refractivity contribution in [2.75, 3.05) is 26.7 Å². The molecule has 0 spiro atoms. The molecular weight excluding hydrogens is 388 g/mol. The Kier molecular flexibility index (Phi) is 7.99. The first-order valence-electron chi connectivity index (χ1n) is 9.50. The minimum atomic E-state index is -3.55. The Morgan fingerprint density at radius 1 is 1.03 bits per heavy atom. The van der Waals surface area contributed by atoms with E-state index in [0.717, 1.165) is 11.3 Å². The molecule has 29 heavy (non-hydrogen) atoms. The molecule has 0 aliphatic carbocycles. The Morgan fingerprint density at radius 3 is 2.10 bits per heavy atom. The third-order valence-corrected chi connectivity index (χ3v) is 6.68. The van der Waals surface area contributed by atoms with Crippen LogP contribution in [0.5, 0.6) is 5.75 Å². The zero-order chi connectivity index (χ0) is 21.4. The van der Waals surface area contributed by atoms with Crippen molar-refractivity contribution < 1.29 is 17.9 Å². The van der Waals surface area contributed by atoms with Crippen molar-refractivity contribution in [1.29, 1.82) is 0 Å². The molecule has 0 saturated heterocycles. The summed E-state index contributed by atoms with van der Waals surface area (Å²) in [7, 11) is -1.95. The van der Waals surface area contributed by atoms with Crippen LogP contribution in [0.2, 0.25) is 0 Å². The van der Waals surface area contributed by atoms with Crippen LogP contribution in [0.3, 0.4) is 0 Å². The molecule has 0 unspecified atom stereocenters. The van der Waals surface area contributed by atoms with E-state index in [9.17, 15) is 13.2 Å².